The monoisotopic (exact) mass is 461 g/mol. The molecule has 0 aromatic carbocycles. The number of nitrogens with one attached hydrogen (secondary N) is 1. The average molecular weight is 461 g/mol. The maximum absolute atomic E-state index is 15.3. The zero-order chi connectivity index (χ0) is 23.5. The highest BCUT2D eigenvalue weighted by Crippen LogP contribution is 2.32. The lowest BCUT2D eigenvalue weighted by atomic mass is 9.88. The molecule has 0 spiro atoms. The number of halogens is 1. The number of nitrogen functional groups attached to an aromatic ring is 1. The number of nitrogens with two attached hydrogens (primary N) is 1. The standard InChI is InChI=1S/C21H28FN7O4/c1-11(2)17(30)18(31)26-13-7-14(8-13)33-19-15(22)16(12-9-24-20(23)25-10-12)27-21(28-19)29-3-5-32-6-4-29/h9-11,13-14,17,30H,3-8H2,1-2H3,(H,26,31)(H2,23,24,25). The Bertz CT molecular complexity index is 979. The van der Waals surface area contributed by atoms with Crippen molar-refractivity contribution in [2.75, 3.05) is 36.9 Å². The van der Waals surface area contributed by atoms with Crippen molar-refractivity contribution in [3.05, 3.63) is 18.2 Å². The number of carbonyl (C=O) groups is 1. The lowest BCUT2D eigenvalue weighted by Crippen LogP contribution is -2.52. The van der Waals surface area contributed by atoms with Crippen molar-refractivity contribution in [2.45, 2.75) is 44.9 Å². The number of anilines is 2. The molecule has 2 aromatic heterocycles. The van der Waals surface area contributed by atoms with Gasteiger partial charge in [0.1, 0.15) is 17.9 Å². The van der Waals surface area contributed by atoms with E-state index in [1.807, 2.05) is 4.90 Å². The van der Waals surface area contributed by atoms with E-state index in [4.69, 9.17) is 15.2 Å². The quantitative estimate of drug-likeness (QED) is 0.533. The smallest absolute Gasteiger partial charge is 0.256 e. The van der Waals surface area contributed by atoms with Gasteiger partial charge in [0, 0.05) is 49.9 Å². The summed E-state index contributed by atoms with van der Waals surface area (Å²) in [5, 5.41) is 12.7. The van der Waals surface area contributed by atoms with Crippen molar-refractivity contribution >= 4 is 17.8 Å². The number of carbonyl (C=O) groups excluding carboxylic acids is 1. The molecule has 0 radical (unpaired) electrons. The minimum absolute atomic E-state index is 0.0192. The Balaban J connectivity index is 1.51. The molecule has 1 amide bonds. The highest BCUT2D eigenvalue weighted by Gasteiger charge is 2.35. The van der Waals surface area contributed by atoms with Gasteiger partial charge in [-0.15, -0.1) is 0 Å². The van der Waals surface area contributed by atoms with E-state index in [2.05, 4.69) is 25.3 Å². The Kier molecular flexibility index (Phi) is 6.84. The van der Waals surface area contributed by atoms with Crippen LogP contribution >= 0.6 is 0 Å². The molecule has 1 atom stereocenters. The van der Waals surface area contributed by atoms with Gasteiger partial charge in [0.25, 0.3) is 5.88 Å². The number of hydrogen-bond donors (Lipinski definition) is 3. The van der Waals surface area contributed by atoms with Gasteiger partial charge in [-0.25, -0.2) is 15.0 Å². The molecule has 1 saturated carbocycles. The number of hydrogen-bond acceptors (Lipinski definition) is 10. The predicted octanol–water partition coefficient (Wildman–Crippen LogP) is 0.534. The summed E-state index contributed by atoms with van der Waals surface area (Å²) in [6, 6.07) is -0.149. The number of aliphatic hydroxyl groups excluding tert-OH is 1. The molecule has 4 N–H and O–H groups in total. The second-order valence-electron chi connectivity index (χ2n) is 8.53. The number of aromatic nitrogens is 4. The van der Waals surface area contributed by atoms with Crippen molar-refractivity contribution in [1.29, 1.82) is 0 Å². The summed E-state index contributed by atoms with van der Waals surface area (Å²) in [6.45, 7) is 5.71. The normalized spacial score (nSPS) is 21.4. The molecule has 2 fully saturated rings. The zero-order valence-electron chi connectivity index (χ0n) is 18.6. The first-order valence-electron chi connectivity index (χ1n) is 10.9. The van der Waals surface area contributed by atoms with Gasteiger partial charge in [-0.1, -0.05) is 13.8 Å². The third-order valence-electron chi connectivity index (χ3n) is 5.67. The first kappa shape index (κ1) is 23.1. The number of nitrogens with zero attached hydrogens (tertiary/aromatic N) is 5. The predicted molar refractivity (Wildman–Crippen MR) is 117 cm³/mol. The van der Waals surface area contributed by atoms with Crippen LogP contribution in [-0.2, 0) is 9.53 Å². The van der Waals surface area contributed by atoms with E-state index in [1.54, 1.807) is 13.8 Å². The molecule has 1 saturated heterocycles. The Morgan fingerprint density at radius 1 is 1.27 bits per heavy atom. The van der Waals surface area contributed by atoms with Crippen LogP contribution in [0.15, 0.2) is 12.4 Å². The van der Waals surface area contributed by atoms with E-state index >= 15 is 4.39 Å². The molecule has 3 heterocycles. The molecular weight excluding hydrogens is 433 g/mol. The van der Waals surface area contributed by atoms with Crippen molar-refractivity contribution in [1.82, 2.24) is 25.3 Å². The highest BCUT2D eigenvalue weighted by atomic mass is 19.1. The fraction of sp³-hybridized carbons (Fsp3) is 0.571. The van der Waals surface area contributed by atoms with Gasteiger partial charge in [-0.2, -0.15) is 9.37 Å². The van der Waals surface area contributed by atoms with Gasteiger partial charge in [-0.05, 0) is 5.92 Å². The number of ether oxygens (including phenoxy) is 2. The molecule has 11 nitrogen and oxygen atoms in total. The zero-order valence-corrected chi connectivity index (χ0v) is 18.6. The largest absolute Gasteiger partial charge is 0.472 e. The SMILES string of the molecule is CC(C)C(O)C(=O)NC1CC(Oc2nc(N3CCOCC3)nc(-c3cnc(N)nc3)c2F)C1. The number of aliphatic hydroxyl groups is 1. The summed E-state index contributed by atoms with van der Waals surface area (Å²) in [5.74, 6) is -1.09. The van der Waals surface area contributed by atoms with Crippen LogP contribution in [-0.4, -0.2) is 75.5 Å². The summed E-state index contributed by atoms with van der Waals surface area (Å²) in [5.41, 5.74) is 5.92. The number of amides is 1. The second-order valence-corrected chi connectivity index (χ2v) is 8.53. The van der Waals surface area contributed by atoms with Crippen LogP contribution in [0.4, 0.5) is 16.3 Å². The molecule has 0 bridgehead atoms. The molecular formula is C21H28FN7O4. The van der Waals surface area contributed by atoms with E-state index in [0.29, 0.717) is 50.7 Å². The number of rotatable bonds is 7. The van der Waals surface area contributed by atoms with Crippen molar-refractivity contribution in [3.8, 4) is 17.1 Å². The van der Waals surface area contributed by atoms with Crippen LogP contribution in [0.3, 0.4) is 0 Å². The Morgan fingerprint density at radius 3 is 2.58 bits per heavy atom. The van der Waals surface area contributed by atoms with E-state index in [1.165, 1.54) is 12.4 Å². The summed E-state index contributed by atoms with van der Waals surface area (Å²) in [6.07, 6.45) is 2.36. The van der Waals surface area contributed by atoms with Crippen molar-refractivity contribution in [3.63, 3.8) is 0 Å². The maximum Gasteiger partial charge on any atom is 0.256 e. The molecule has 2 aliphatic rings. The molecule has 2 aromatic rings. The highest BCUT2D eigenvalue weighted by molar-refractivity contribution is 5.81. The lowest BCUT2D eigenvalue weighted by Gasteiger charge is -2.36. The summed E-state index contributed by atoms with van der Waals surface area (Å²) >= 11 is 0. The van der Waals surface area contributed by atoms with Crippen LogP contribution in [0.5, 0.6) is 5.88 Å². The third-order valence-corrected chi connectivity index (χ3v) is 5.67. The van der Waals surface area contributed by atoms with Crippen LogP contribution in [0.2, 0.25) is 0 Å². The fourth-order valence-corrected chi connectivity index (χ4v) is 3.58. The number of morpholine rings is 1. The molecule has 4 rings (SSSR count). The molecule has 1 aliphatic carbocycles. The lowest BCUT2D eigenvalue weighted by molar-refractivity contribution is -0.133. The van der Waals surface area contributed by atoms with E-state index < -0.39 is 17.8 Å². The molecule has 1 aliphatic heterocycles. The van der Waals surface area contributed by atoms with E-state index in [0.717, 1.165) is 0 Å². The maximum atomic E-state index is 15.3. The Morgan fingerprint density at radius 2 is 1.94 bits per heavy atom. The van der Waals surface area contributed by atoms with Crippen molar-refractivity contribution < 1.29 is 23.8 Å². The summed E-state index contributed by atoms with van der Waals surface area (Å²) < 4.78 is 26.6. The molecule has 178 valence electrons. The summed E-state index contributed by atoms with van der Waals surface area (Å²) in [7, 11) is 0. The molecule has 1 unspecified atom stereocenters. The third kappa shape index (κ3) is 5.28. The topological polar surface area (TPSA) is 149 Å². The van der Waals surface area contributed by atoms with Gasteiger partial charge in [0.2, 0.25) is 23.6 Å². The van der Waals surface area contributed by atoms with Gasteiger partial charge < -0.3 is 30.5 Å². The average Bonchev–Trinajstić information content (AvgIpc) is 2.79. The van der Waals surface area contributed by atoms with Gasteiger partial charge in [-0.3, -0.25) is 4.79 Å². The molecule has 12 heteroatoms. The van der Waals surface area contributed by atoms with Crippen LogP contribution in [0.1, 0.15) is 26.7 Å². The van der Waals surface area contributed by atoms with Crippen LogP contribution < -0.4 is 20.7 Å². The fourth-order valence-electron chi connectivity index (χ4n) is 3.58. The Hall–Kier alpha value is -3.12. The van der Waals surface area contributed by atoms with Crippen LogP contribution in [0.25, 0.3) is 11.3 Å². The first-order valence-corrected chi connectivity index (χ1v) is 10.9. The second kappa shape index (κ2) is 9.79. The van der Waals surface area contributed by atoms with Gasteiger partial charge in [0.05, 0.1) is 13.2 Å². The minimum atomic E-state index is -1.06. The van der Waals surface area contributed by atoms with Gasteiger partial charge >= 0.3 is 0 Å². The first-order chi connectivity index (χ1) is 15.8. The van der Waals surface area contributed by atoms with Crippen molar-refractivity contribution in [2.24, 2.45) is 5.92 Å². The van der Waals surface area contributed by atoms with E-state index in [-0.39, 0.29) is 35.6 Å². The van der Waals surface area contributed by atoms with E-state index in [9.17, 15) is 9.90 Å². The molecule has 33 heavy (non-hydrogen) atoms. The summed E-state index contributed by atoms with van der Waals surface area (Å²) in [4.78, 5) is 30.5. The minimum Gasteiger partial charge on any atom is -0.472 e. The Labute approximate surface area is 190 Å². The van der Waals surface area contributed by atoms with Gasteiger partial charge in [0.15, 0.2) is 0 Å². The van der Waals surface area contributed by atoms with Crippen LogP contribution in [0, 0.1) is 11.7 Å².